The number of hydrogen-bond acceptors (Lipinski definition) is 5. The summed E-state index contributed by atoms with van der Waals surface area (Å²) in [5.41, 5.74) is 0.659. The van der Waals surface area contributed by atoms with Crippen LogP contribution in [0.1, 0.15) is 13.8 Å². The normalized spacial score (nSPS) is 16.4. The van der Waals surface area contributed by atoms with E-state index in [0.717, 1.165) is 0 Å². The van der Waals surface area contributed by atoms with E-state index < -0.39 is 0 Å². The summed E-state index contributed by atoms with van der Waals surface area (Å²) in [5.74, 6) is 1.18. The maximum Gasteiger partial charge on any atom is 0.241 e. The Labute approximate surface area is 142 Å². The van der Waals surface area contributed by atoms with Gasteiger partial charge in [0, 0.05) is 44.9 Å². The standard InChI is InChI=1S/C17H25N3O4/c1-12(19-7-9-20(10-8-19)13(2)21)17(22)18-14-5-6-15(23-3)16(11-14)24-4/h5-6,11-12H,7-10H2,1-4H3,(H,18,22)/t12-/m1/s1. The zero-order valence-corrected chi connectivity index (χ0v) is 14.7. The molecule has 1 heterocycles. The van der Waals surface area contributed by atoms with Gasteiger partial charge in [-0.05, 0) is 19.1 Å². The Kier molecular flexibility index (Phi) is 6.03. The summed E-state index contributed by atoms with van der Waals surface area (Å²) in [5, 5.41) is 2.90. The van der Waals surface area contributed by atoms with Gasteiger partial charge >= 0.3 is 0 Å². The number of ether oxygens (including phenoxy) is 2. The van der Waals surface area contributed by atoms with Gasteiger partial charge in [-0.1, -0.05) is 0 Å². The summed E-state index contributed by atoms with van der Waals surface area (Å²) in [6.07, 6.45) is 0. The van der Waals surface area contributed by atoms with Crippen LogP contribution in [0, 0.1) is 0 Å². The molecule has 1 aliphatic rings. The Hall–Kier alpha value is -2.28. The maximum absolute atomic E-state index is 12.5. The second-order valence-electron chi connectivity index (χ2n) is 5.78. The molecule has 1 aliphatic heterocycles. The topological polar surface area (TPSA) is 71.1 Å². The highest BCUT2D eigenvalue weighted by molar-refractivity contribution is 5.94. The molecular weight excluding hydrogens is 310 g/mol. The van der Waals surface area contributed by atoms with Crippen LogP contribution in [0.5, 0.6) is 11.5 Å². The Morgan fingerprint density at radius 1 is 1.08 bits per heavy atom. The number of hydrogen-bond donors (Lipinski definition) is 1. The fraction of sp³-hybridized carbons (Fsp3) is 0.529. The number of nitrogens with one attached hydrogen (secondary N) is 1. The molecule has 0 spiro atoms. The van der Waals surface area contributed by atoms with Crippen molar-refractivity contribution < 1.29 is 19.1 Å². The van der Waals surface area contributed by atoms with Gasteiger partial charge in [0.1, 0.15) is 0 Å². The molecule has 2 rings (SSSR count). The lowest BCUT2D eigenvalue weighted by atomic mass is 10.2. The van der Waals surface area contributed by atoms with E-state index in [-0.39, 0.29) is 17.9 Å². The third-order valence-electron chi connectivity index (χ3n) is 4.34. The Balaban J connectivity index is 1.96. The number of rotatable bonds is 5. The van der Waals surface area contributed by atoms with Crippen LogP contribution in [0.25, 0.3) is 0 Å². The van der Waals surface area contributed by atoms with Crippen molar-refractivity contribution >= 4 is 17.5 Å². The predicted molar refractivity (Wildman–Crippen MR) is 91.5 cm³/mol. The Morgan fingerprint density at radius 2 is 1.71 bits per heavy atom. The van der Waals surface area contributed by atoms with Gasteiger partial charge in [0.15, 0.2) is 11.5 Å². The third-order valence-corrected chi connectivity index (χ3v) is 4.34. The van der Waals surface area contributed by atoms with Gasteiger partial charge in [0.05, 0.1) is 20.3 Å². The first-order valence-electron chi connectivity index (χ1n) is 7.98. The molecule has 2 amide bonds. The molecule has 1 aromatic carbocycles. The molecule has 1 aromatic rings. The highest BCUT2D eigenvalue weighted by Gasteiger charge is 2.26. The average Bonchev–Trinajstić information content (AvgIpc) is 2.60. The molecule has 0 bridgehead atoms. The lowest BCUT2D eigenvalue weighted by Crippen LogP contribution is -2.53. The second kappa shape index (κ2) is 8.01. The van der Waals surface area contributed by atoms with E-state index in [9.17, 15) is 9.59 Å². The van der Waals surface area contributed by atoms with Crippen LogP contribution in [0.15, 0.2) is 18.2 Å². The van der Waals surface area contributed by atoms with Crippen molar-refractivity contribution in [2.75, 3.05) is 45.7 Å². The molecule has 0 radical (unpaired) electrons. The number of piperazine rings is 1. The molecule has 1 N–H and O–H groups in total. The van der Waals surface area contributed by atoms with Crippen LogP contribution in [-0.4, -0.2) is 68.1 Å². The summed E-state index contributed by atoms with van der Waals surface area (Å²) in [4.78, 5) is 27.7. The molecule has 1 atom stereocenters. The molecule has 1 fully saturated rings. The van der Waals surface area contributed by atoms with Crippen molar-refractivity contribution in [2.45, 2.75) is 19.9 Å². The lowest BCUT2D eigenvalue weighted by Gasteiger charge is -2.37. The van der Waals surface area contributed by atoms with E-state index in [4.69, 9.17) is 9.47 Å². The number of nitrogens with zero attached hydrogens (tertiary/aromatic N) is 2. The minimum atomic E-state index is -0.271. The summed E-state index contributed by atoms with van der Waals surface area (Å²) < 4.78 is 10.4. The van der Waals surface area contributed by atoms with Crippen LogP contribution in [0.3, 0.4) is 0 Å². The summed E-state index contributed by atoms with van der Waals surface area (Å²) in [7, 11) is 3.12. The summed E-state index contributed by atoms with van der Waals surface area (Å²) in [6.45, 7) is 6.15. The second-order valence-corrected chi connectivity index (χ2v) is 5.78. The van der Waals surface area contributed by atoms with Gasteiger partial charge in [0.25, 0.3) is 0 Å². The van der Waals surface area contributed by atoms with Crippen LogP contribution < -0.4 is 14.8 Å². The molecule has 7 heteroatoms. The van der Waals surface area contributed by atoms with Crippen molar-refractivity contribution in [3.8, 4) is 11.5 Å². The fourth-order valence-corrected chi connectivity index (χ4v) is 2.75. The number of carbonyl (C=O) groups excluding carboxylic acids is 2. The smallest absolute Gasteiger partial charge is 0.241 e. The van der Waals surface area contributed by atoms with Crippen LogP contribution in [-0.2, 0) is 9.59 Å². The SMILES string of the molecule is COc1ccc(NC(=O)[C@@H](C)N2CCN(C(C)=O)CC2)cc1OC. The minimum absolute atomic E-state index is 0.0806. The van der Waals surface area contributed by atoms with Gasteiger partial charge in [0.2, 0.25) is 11.8 Å². The van der Waals surface area contributed by atoms with Crippen molar-refractivity contribution in [3.63, 3.8) is 0 Å². The highest BCUT2D eigenvalue weighted by atomic mass is 16.5. The van der Waals surface area contributed by atoms with E-state index in [0.29, 0.717) is 43.4 Å². The van der Waals surface area contributed by atoms with Gasteiger partial charge in [-0.25, -0.2) is 0 Å². The molecule has 132 valence electrons. The molecule has 0 unspecified atom stereocenters. The summed E-state index contributed by atoms with van der Waals surface area (Å²) >= 11 is 0. The molecule has 24 heavy (non-hydrogen) atoms. The predicted octanol–water partition coefficient (Wildman–Crippen LogP) is 1.19. The number of carbonyl (C=O) groups is 2. The Morgan fingerprint density at radius 3 is 2.25 bits per heavy atom. The van der Waals surface area contributed by atoms with Gasteiger partial charge in [-0.2, -0.15) is 0 Å². The van der Waals surface area contributed by atoms with E-state index in [1.54, 1.807) is 44.2 Å². The highest BCUT2D eigenvalue weighted by Crippen LogP contribution is 2.29. The van der Waals surface area contributed by atoms with Gasteiger partial charge in [-0.3, -0.25) is 14.5 Å². The van der Waals surface area contributed by atoms with Crippen molar-refractivity contribution in [2.24, 2.45) is 0 Å². The summed E-state index contributed by atoms with van der Waals surface area (Å²) in [6, 6.07) is 4.99. The molecule has 1 saturated heterocycles. The quantitative estimate of drug-likeness (QED) is 0.875. The molecule has 0 aromatic heterocycles. The number of methoxy groups -OCH3 is 2. The van der Waals surface area contributed by atoms with E-state index in [1.807, 2.05) is 6.92 Å². The van der Waals surface area contributed by atoms with Crippen LogP contribution in [0.4, 0.5) is 5.69 Å². The third kappa shape index (κ3) is 4.17. The monoisotopic (exact) mass is 335 g/mol. The molecule has 0 aliphatic carbocycles. The number of anilines is 1. The molecule has 7 nitrogen and oxygen atoms in total. The number of amides is 2. The minimum Gasteiger partial charge on any atom is -0.493 e. The lowest BCUT2D eigenvalue weighted by molar-refractivity contribution is -0.131. The van der Waals surface area contributed by atoms with E-state index in [1.165, 1.54) is 0 Å². The zero-order chi connectivity index (χ0) is 17.7. The first-order chi connectivity index (χ1) is 11.5. The largest absolute Gasteiger partial charge is 0.493 e. The first kappa shape index (κ1) is 18.1. The Bertz CT molecular complexity index is 597. The van der Waals surface area contributed by atoms with Gasteiger partial charge < -0.3 is 19.7 Å². The number of benzene rings is 1. The van der Waals surface area contributed by atoms with E-state index >= 15 is 0 Å². The first-order valence-corrected chi connectivity index (χ1v) is 7.98. The van der Waals surface area contributed by atoms with Crippen LogP contribution in [0.2, 0.25) is 0 Å². The zero-order valence-electron chi connectivity index (χ0n) is 14.7. The van der Waals surface area contributed by atoms with Crippen molar-refractivity contribution in [3.05, 3.63) is 18.2 Å². The van der Waals surface area contributed by atoms with Gasteiger partial charge in [-0.15, -0.1) is 0 Å². The average molecular weight is 335 g/mol. The molecule has 0 saturated carbocycles. The fourth-order valence-electron chi connectivity index (χ4n) is 2.75. The molecular formula is C17H25N3O4. The maximum atomic E-state index is 12.5. The van der Waals surface area contributed by atoms with Crippen molar-refractivity contribution in [1.82, 2.24) is 9.80 Å². The van der Waals surface area contributed by atoms with Crippen molar-refractivity contribution in [1.29, 1.82) is 0 Å². The van der Waals surface area contributed by atoms with E-state index in [2.05, 4.69) is 10.2 Å². The van der Waals surface area contributed by atoms with Crippen LogP contribution >= 0.6 is 0 Å².